The van der Waals surface area contributed by atoms with Gasteiger partial charge in [-0.15, -0.1) is 0 Å². The summed E-state index contributed by atoms with van der Waals surface area (Å²) in [5.74, 6) is 0.0559. The molecule has 0 aliphatic heterocycles. The van der Waals surface area contributed by atoms with E-state index < -0.39 is 0 Å². The Kier molecular flexibility index (Phi) is 5.21. The summed E-state index contributed by atoms with van der Waals surface area (Å²) in [6.07, 6.45) is 1.54. The molecule has 1 aromatic carbocycles. The van der Waals surface area contributed by atoms with Crippen LogP contribution in [0.1, 0.15) is 36.7 Å². The molecule has 0 aliphatic carbocycles. The lowest BCUT2D eigenvalue weighted by molar-refractivity contribution is 0.262. The van der Waals surface area contributed by atoms with Crippen molar-refractivity contribution in [3.8, 4) is 0 Å². The Morgan fingerprint density at radius 3 is 2.50 bits per heavy atom. The second-order valence-corrected chi connectivity index (χ2v) is 5.25. The SMILES string of the molecule is CCc1nn(CC)c(CC(CO)c2ccccc2)c1Cl. The summed E-state index contributed by atoms with van der Waals surface area (Å²) in [7, 11) is 0. The summed E-state index contributed by atoms with van der Waals surface area (Å²) in [6, 6.07) is 10.1. The van der Waals surface area contributed by atoms with Gasteiger partial charge >= 0.3 is 0 Å². The van der Waals surface area contributed by atoms with Crippen LogP contribution < -0.4 is 0 Å². The van der Waals surface area contributed by atoms with E-state index in [2.05, 4.69) is 18.9 Å². The van der Waals surface area contributed by atoms with E-state index in [0.717, 1.165) is 34.9 Å². The second-order valence-electron chi connectivity index (χ2n) is 4.87. The van der Waals surface area contributed by atoms with E-state index in [9.17, 15) is 5.11 Å². The molecule has 1 unspecified atom stereocenters. The highest BCUT2D eigenvalue weighted by Gasteiger charge is 2.19. The molecule has 2 aromatic rings. The maximum Gasteiger partial charge on any atom is 0.0850 e. The fourth-order valence-corrected chi connectivity index (χ4v) is 2.80. The molecule has 1 N–H and O–H groups in total. The molecule has 0 saturated carbocycles. The van der Waals surface area contributed by atoms with Crippen LogP contribution in [0.15, 0.2) is 30.3 Å². The van der Waals surface area contributed by atoms with Gasteiger partial charge in [0.15, 0.2) is 0 Å². The molecular weight excluding hydrogens is 272 g/mol. The van der Waals surface area contributed by atoms with Crippen LogP contribution in [0.2, 0.25) is 5.02 Å². The van der Waals surface area contributed by atoms with E-state index in [-0.39, 0.29) is 12.5 Å². The van der Waals surface area contributed by atoms with E-state index in [4.69, 9.17) is 11.6 Å². The lowest BCUT2D eigenvalue weighted by atomic mass is 9.95. The molecule has 1 atom stereocenters. The summed E-state index contributed by atoms with van der Waals surface area (Å²) < 4.78 is 1.95. The van der Waals surface area contributed by atoms with Gasteiger partial charge in [-0.05, 0) is 25.3 Å². The molecule has 1 heterocycles. The average Bonchev–Trinajstić information content (AvgIpc) is 2.81. The highest BCUT2D eigenvalue weighted by atomic mass is 35.5. The Labute approximate surface area is 125 Å². The standard InChI is InChI=1S/C16H21ClN2O/c1-3-14-16(17)15(19(4-2)18-14)10-13(11-20)12-8-6-5-7-9-12/h5-9,13,20H,3-4,10-11H2,1-2H3. The van der Waals surface area contributed by atoms with Crippen molar-refractivity contribution >= 4 is 11.6 Å². The molecule has 0 radical (unpaired) electrons. The molecule has 0 fully saturated rings. The number of hydrogen-bond donors (Lipinski definition) is 1. The third-order valence-electron chi connectivity index (χ3n) is 3.63. The van der Waals surface area contributed by atoms with Crippen LogP contribution in [0.3, 0.4) is 0 Å². The first-order valence-electron chi connectivity index (χ1n) is 7.11. The lowest BCUT2D eigenvalue weighted by Crippen LogP contribution is -2.12. The number of aromatic nitrogens is 2. The molecule has 1 aromatic heterocycles. The Morgan fingerprint density at radius 2 is 1.95 bits per heavy atom. The molecule has 0 bridgehead atoms. The highest BCUT2D eigenvalue weighted by Crippen LogP contribution is 2.27. The number of rotatable bonds is 6. The third-order valence-corrected chi connectivity index (χ3v) is 4.06. The van der Waals surface area contributed by atoms with Gasteiger partial charge in [-0.2, -0.15) is 5.10 Å². The van der Waals surface area contributed by atoms with E-state index in [1.807, 2.05) is 35.0 Å². The Bertz CT molecular complexity index is 551. The zero-order valence-corrected chi connectivity index (χ0v) is 12.8. The van der Waals surface area contributed by atoms with Gasteiger partial charge in [-0.3, -0.25) is 4.68 Å². The second kappa shape index (κ2) is 6.91. The van der Waals surface area contributed by atoms with Crippen molar-refractivity contribution < 1.29 is 5.11 Å². The predicted molar refractivity (Wildman–Crippen MR) is 82.3 cm³/mol. The van der Waals surface area contributed by atoms with Crippen molar-refractivity contribution in [3.63, 3.8) is 0 Å². The van der Waals surface area contributed by atoms with Gasteiger partial charge in [-0.25, -0.2) is 0 Å². The molecule has 0 saturated heterocycles. The van der Waals surface area contributed by atoms with E-state index >= 15 is 0 Å². The fraction of sp³-hybridized carbons (Fsp3) is 0.438. The van der Waals surface area contributed by atoms with Crippen molar-refractivity contribution in [2.75, 3.05) is 6.61 Å². The van der Waals surface area contributed by atoms with Crippen LogP contribution >= 0.6 is 11.6 Å². The first kappa shape index (κ1) is 15.1. The molecule has 20 heavy (non-hydrogen) atoms. The quantitative estimate of drug-likeness (QED) is 0.886. The smallest absolute Gasteiger partial charge is 0.0850 e. The average molecular weight is 293 g/mol. The van der Waals surface area contributed by atoms with Gasteiger partial charge in [0, 0.05) is 12.5 Å². The van der Waals surface area contributed by atoms with Gasteiger partial charge in [0.2, 0.25) is 0 Å². The zero-order chi connectivity index (χ0) is 14.5. The summed E-state index contributed by atoms with van der Waals surface area (Å²) in [4.78, 5) is 0. The third kappa shape index (κ3) is 3.05. The molecule has 2 rings (SSSR count). The van der Waals surface area contributed by atoms with Gasteiger partial charge in [0.05, 0.1) is 23.0 Å². The van der Waals surface area contributed by atoms with E-state index in [0.29, 0.717) is 6.42 Å². The molecular formula is C16H21ClN2O. The number of aliphatic hydroxyl groups excluding tert-OH is 1. The van der Waals surface area contributed by atoms with Gasteiger partial charge < -0.3 is 5.11 Å². The van der Waals surface area contributed by atoms with Crippen LogP contribution in [-0.2, 0) is 19.4 Å². The monoisotopic (exact) mass is 292 g/mol. The van der Waals surface area contributed by atoms with Gasteiger partial charge in [-0.1, -0.05) is 48.9 Å². The summed E-state index contributed by atoms with van der Waals surface area (Å²) in [6.45, 7) is 5.01. The maximum atomic E-state index is 9.69. The molecule has 4 heteroatoms. The van der Waals surface area contributed by atoms with E-state index in [1.165, 1.54) is 0 Å². The zero-order valence-electron chi connectivity index (χ0n) is 12.0. The van der Waals surface area contributed by atoms with Crippen molar-refractivity contribution in [1.29, 1.82) is 0 Å². The fourth-order valence-electron chi connectivity index (χ4n) is 2.46. The van der Waals surface area contributed by atoms with Gasteiger partial charge in [0.25, 0.3) is 0 Å². The Hall–Kier alpha value is -1.32. The molecule has 3 nitrogen and oxygen atoms in total. The molecule has 108 valence electrons. The largest absolute Gasteiger partial charge is 0.396 e. The first-order chi connectivity index (χ1) is 9.71. The van der Waals surface area contributed by atoms with Crippen LogP contribution in [0, 0.1) is 0 Å². The lowest BCUT2D eigenvalue weighted by Gasteiger charge is -2.15. The van der Waals surface area contributed by atoms with Crippen molar-refractivity contribution in [2.45, 2.75) is 39.2 Å². The minimum Gasteiger partial charge on any atom is -0.396 e. The molecule has 0 spiro atoms. The first-order valence-corrected chi connectivity index (χ1v) is 7.48. The number of aliphatic hydroxyl groups is 1. The number of halogens is 1. The van der Waals surface area contributed by atoms with E-state index in [1.54, 1.807) is 0 Å². The molecule has 0 amide bonds. The van der Waals surface area contributed by atoms with Crippen molar-refractivity contribution in [1.82, 2.24) is 9.78 Å². The van der Waals surface area contributed by atoms with Gasteiger partial charge in [0.1, 0.15) is 0 Å². The van der Waals surface area contributed by atoms with Crippen LogP contribution in [0.5, 0.6) is 0 Å². The minimum absolute atomic E-state index is 0.0559. The number of hydrogen-bond acceptors (Lipinski definition) is 2. The summed E-state index contributed by atoms with van der Waals surface area (Å²) in [5.41, 5.74) is 3.09. The van der Waals surface area contributed by atoms with Crippen LogP contribution in [0.4, 0.5) is 0 Å². The Balaban J connectivity index is 2.30. The minimum atomic E-state index is 0.0559. The topological polar surface area (TPSA) is 38.0 Å². The summed E-state index contributed by atoms with van der Waals surface area (Å²) in [5, 5.41) is 15.0. The van der Waals surface area contributed by atoms with Crippen molar-refractivity contribution in [3.05, 3.63) is 52.3 Å². The Morgan fingerprint density at radius 1 is 1.25 bits per heavy atom. The predicted octanol–water partition coefficient (Wildman–Crippen LogP) is 3.44. The summed E-state index contributed by atoms with van der Waals surface area (Å²) >= 11 is 6.43. The number of aryl methyl sites for hydroxylation is 2. The van der Waals surface area contributed by atoms with Crippen LogP contribution in [-0.4, -0.2) is 21.5 Å². The van der Waals surface area contributed by atoms with Crippen LogP contribution in [0.25, 0.3) is 0 Å². The normalized spacial score (nSPS) is 12.6. The van der Waals surface area contributed by atoms with Crippen molar-refractivity contribution in [2.24, 2.45) is 0 Å². The maximum absolute atomic E-state index is 9.69. The number of benzene rings is 1. The highest BCUT2D eigenvalue weighted by molar-refractivity contribution is 6.31. The number of nitrogens with zero attached hydrogens (tertiary/aromatic N) is 2. The molecule has 0 aliphatic rings.